The van der Waals surface area contributed by atoms with Gasteiger partial charge in [-0.15, -0.1) is 0 Å². The molecule has 24 heavy (non-hydrogen) atoms. The lowest BCUT2D eigenvalue weighted by molar-refractivity contribution is 0.245. The first-order valence-electron chi connectivity index (χ1n) is 8.22. The van der Waals surface area contributed by atoms with Crippen LogP contribution in [0.25, 0.3) is 16.8 Å². The third-order valence-electron chi connectivity index (χ3n) is 3.77. The van der Waals surface area contributed by atoms with Crippen molar-refractivity contribution < 1.29 is 4.74 Å². The normalized spacial score (nSPS) is 11.2. The zero-order valence-electron chi connectivity index (χ0n) is 14.2. The first-order chi connectivity index (χ1) is 11.6. The van der Waals surface area contributed by atoms with E-state index >= 15 is 0 Å². The lowest BCUT2D eigenvalue weighted by atomic mass is 10.1. The van der Waals surface area contributed by atoms with Crippen LogP contribution in [0.3, 0.4) is 0 Å². The van der Waals surface area contributed by atoms with Gasteiger partial charge in [0.05, 0.1) is 6.10 Å². The molecule has 5 nitrogen and oxygen atoms in total. The average Bonchev–Trinajstić information content (AvgIpc) is 2.58. The maximum absolute atomic E-state index is 12.7. The van der Waals surface area contributed by atoms with Crippen molar-refractivity contribution >= 4 is 5.65 Å². The molecule has 0 radical (unpaired) electrons. The fourth-order valence-corrected chi connectivity index (χ4v) is 2.71. The fourth-order valence-electron chi connectivity index (χ4n) is 2.71. The third kappa shape index (κ3) is 3.02. The van der Waals surface area contributed by atoms with E-state index in [9.17, 15) is 4.79 Å². The van der Waals surface area contributed by atoms with Gasteiger partial charge in [-0.3, -0.25) is 14.2 Å². The van der Waals surface area contributed by atoms with Crippen LogP contribution in [0.1, 0.15) is 32.8 Å². The molecule has 0 saturated carbocycles. The third-order valence-corrected chi connectivity index (χ3v) is 3.77. The summed E-state index contributed by atoms with van der Waals surface area (Å²) in [6.45, 7) is 5.97. The summed E-state index contributed by atoms with van der Waals surface area (Å²) in [5.41, 5.74) is 3.12. The molecule has 5 heteroatoms. The topological polar surface area (TPSA) is 56.5 Å². The molecule has 0 aliphatic rings. The van der Waals surface area contributed by atoms with Gasteiger partial charge in [-0.2, -0.15) is 0 Å². The Bertz CT molecular complexity index is 902. The van der Waals surface area contributed by atoms with E-state index in [-0.39, 0.29) is 11.7 Å². The number of hydrogen-bond donors (Lipinski definition) is 0. The summed E-state index contributed by atoms with van der Waals surface area (Å²) < 4.78 is 7.60. The molecule has 0 unspecified atom stereocenters. The maximum atomic E-state index is 12.7. The molecule has 0 saturated heterocycles. The molecule has 0 aliphatic carbocycles. The predicted molar refractivity (Wildman–Crippen MR) is 94.5 cm³/mol. The highest BCUT2D eigenvalue weighted by molar-refractivity contribution is 5.77. The van der Waals surface area contributed by atoms with Crippen molar-refractivity contribution in [1.29, 1.82) is 0 Å². The van der Waals surface area contributed by atoms with Crippen LogP contribution in [0.2, 0.25) is 0 Å². The Hall–Kier alpha value is -2.69. The number of rotatable bonds is 5. The van der Waals surface area contributed by atoms with Crippen molar-refractivity contribution in [3.8, 4) is 16.9 Å². The van der Waals surface area contributed by atoms with E-state index in [4.69, 9.17) is 4.74 Å². The van der Waals surface area contributed by atoms with Crippen LogP contribution in [0.15, 0.2) is 47.8 Å². The Kier molecular flexibility index (Phi) is 4.60. The Labute approximate surface area is 141 Å². The van der Waals surface area contributed by atoms with Crippen LogP contribution in [0.5, 0.6) is 5.75 Å². The first-order valence-corrected chi connectivity index (χ1v) is 8.22. The van der Waals surface area contributed by atoms with Gasteiger partial charge in [-0.25, -0.2) is 4.98 Å². The van der Waals surface area contributed by atoms with Crippen molar-refractivity contribution in [2.75, 3.05) is 0 Å². The van der Waals surface area contributed by atoms with Crippen LogP contribution in [-0.4, -0.2) is 20.5 Å². The van der Waals surface area contributed by atoms with Gasteiger partial charge in [0.15, 0.2) is 11.4 Å². The van der Waals surface area contributed by atoms with Gasteiger partial charge in [0.2, 0.25) is 0 Å². The van der Waals surface area contributed by atoms with Gasteiger partial charge in [0.25, 0.3) is 5.56 Å². The van der Waals surface area contributed by atoms with Crippen molar-refractivity contribution in [3.05, 3.63) is 58.9 Å². The number of aromatic nitrogens is 3. The first kappa shape index (κ1) is 16.2. The molecule has 0 bridgehead atoms. The minimum Gasteiger partial charge on any atom is -0.486 e. The largest absolute Gasteiger partial charge is 0.486 e. The summed E-state index contributed by atoms with van der Waals surface area (Å²) in [6, 6.07) is 5.74. The van der Waals surface area contributed by atoms with Crippen LogP contribution in [0, 0.1) is 0 Å². The summed E-state index contributed by atoms with van der Waals surface area (Å²) in [7, 11) is 0. The quantitative estimate of drug-likeness (QED) is 0.721. The molecule has 3 aromatic heterocycles. The van der Waals surface area contributed by atoms with Crippen LogP contribution in [-0.2, 0) is 6.42 Å². The zero-order chi connectivity index (χ0) is 17.1. The zero-order valence-corrected chi connectivity index (χ0v) is 14.2. The van der Waals surface area contributed by atoms with Crippen LogP contribution >= 0.6 is 0 Å². The second-order valence-corrected chi connectivity index (χ2v) is 5.99. The lowest BCUT2D eigenvalue weighted by Crippen LogP contribution is -2.20. The maximum Gasteiger partial charge on any atom is 0.261 e. The van der Waals surface area contributed by atoms with E-state index in [1.807, 2.05) is 39.0 Å². The molecule has 0 spiro atoms. The van der Waals surface area contributed by atoms with E-state index in [1.165, 1.54) is 0 Å². The summed E-state index contributed by atoms with van der Waals surface area (Å²) in [5, 5.41) is 0. The lowest BCUT2D eigenvalue weighted by Gasteiger charge is -2.17. The van der Waals surface area contributed by atoms with Crippen LogP contribution < -0.4 is 10.3 Å². The number of hydrogen-bond acceptors (Lipinski definition) is 4. The summed E-state index contributed by atoms with van der Waals surface area (Å²) in [6.07, 6.45) is 8.53. The molecule has 124 valence electrons. The second kappa shape index (κ2) is 6.83. The average molecular weight is 323 g/mol. The highest BCUT2D eigenvalue weighted by Crippen LogP contribution is 2.33. The minimum atomic E-state index is -0.0308. The molecule has 0 aliphatic heterocycles. The van der Waals surface area contributed by atoms with E-state index in [2.05, 4.69) is 9.97 Å². The molecule has 0 amide bonds. The summed E-state index contributed by atoms with van der Waals surface area (Å²) >= 11 is 0. The van der Waals surface area contributed by atoms with E-state index in [0.29, 0.717) is 11.4 Å². The van der Waals surface area contributed by atoms with Crippen molar-refractivity contribution in [2.24, 2.45) is 0 Å². The molecule has 0 N–H and O–H groups in total. The fraction of sp³-hybridized carbons (Fsp3) is 0.316. The Morgan fingerprint density at radius 3 is 2.62 bits per heavy atom. The highest BCUT2D eigenvalue weighted by atomic mass is 16.5. The SMILES string of the molecule is CCCc1cnc2c(OC(C)C)c(-c3ccncc3)ccn2c1=O. The van der Waals surface area contributed by atoms with Crippen molar-refractivity contribution in [1.82, 2.24) is 14.4 Å². The minimum absolute atomic E-state index is 0.0241. The van der Waals surface area contributed by atoms with Gasteiger partial charge < -0.3 is 4.74 Å². The number of nitrogens with zero attached hydrogens (tertiary/aromatic N) is 3. The van der Waals surface area contributed by atoms with Crippen molar-refractivity contribution in [3.63, 3.8) is 0 Å². The van der Waals surface area contributed by atoms with E-state index in [1.54, 1.807) is 29.2 Å². The smallest absolute Gasteiger partial charge is 0.261 e. The Morgan fingerprint density at radius 2 is 1.96 bits per heavy atom. The monoisotopic (exact) mass is 323 g/mol. The van der Waals surface area contributed by atoms with Crippen molar-refractivity contribution in [2.45, 2.75) is 39.7 Å². The molecule has 3 heterocycles. The molecular formula is C19H21N3O2. The number of pyridine rings is 2. The molecule has 3 rings (SSSR count). The number of aryl methyl sites for hydroxylation is 1. The van der Waals surface area contributed by atoms with Gasteiger partial charge in [0, 0.05) is 35.9 Å². The van der Waals surface area contributed by atoms with Gasteiger partial charge in [0.1, 0.15) is 0 Å². The summed E-state index contributed by atoms with van der Waals surface area (Å²) in [4.78, 5) is 21.2. The van der Waals surface area contributed by atoms with E-state index < -0.39 is 0 Å². The molecule has 3 aromatic rings. The van der Waals surface area contributed by atoms with Gasteiger partial charge in [-0.05, 0) is 44.0 Å². The second-order valence-electron chi connectivity index (χ2n) is 5.99. The number of ether oxygens (including phenoxy) is 1. The van der Waals surface area contributed by atoms with Gasteiger partial charge >= 0.3 is 0 Å². The molecular weight excluding hydrogens is 302 g/mol. The number of fused-ring (bicyclic) bond motifs is 1. The van der Waals surface area contributed by atoms with Crippen LogP contribution in [0.4, 0.5) is 0 Å². The standard InChI is InChI=1S/C19H21N3O2/c1-4-5-15-12-21-18-17(24-13(2)3)16(8-11-22(18)19(15)23)14-6-9-20-10-7-14/h6-13H,4-5H2,1-3H3. The van der Waals surface area contributed by atoms with E-state index in [0.717, 1.165) is 29.5 Å². The molecule has 0 aromatic carbocycles. The predicted octanol–water partition coefficient (Wildman–Crippen LogP) is 3.50. The Morgan fingerprint density at radius 1 is 1.21 bits per heavy atom. The summed E-state index contributed by atoms with van der Waals surface area (Å²) in [5.74, 6) is 0.624. The molecule has 0 fully saturated rings. The highest BCUT2D eigenvalue weighted by Gasteiger charge is 2.16. The van der Waals surface area contributed by atoms with Gasteiger partial charge in [-0.1, -0.05) is 13.3 Å². The Balaban J connectivity index is 2.27. The molecule has 0 atom stereocenters.